The van der Waals surface area contributed by atoms with Crippen molar-refractivity contribution in [3.63, 3.8) is 0 Å². The number of nitrogens with zero attached hydrogens (tertiary/aromatic N) is 1. The van der Waals surface area contributed by atoms with Gasteiger partial charge in [0.2, 0.25) is 0 Å². The summed E-state index contributed by atoms with van der Waals surface area (Å²) in [6.07, 6.45) is 4.83. The van der Waals surface area contributed by atoms with Crippen molar-refractivity contribution in [1.82, 2.24) is 9.97 Å². The van der Waals surface area contributed by atoms with Crippen LogP contribution in [0.3, 0.4) is 0 Å². The molecule has 0 aromatic carbocycles. The van der Waals surface area contributed by atoms with Crippen LogP contribution in [0, 0.1) is 0 Å². The number of H-pyrrole nitrogens is 1. The molecular weight excluding hydrogens is 116 g/mol. The van der Waals surface area contributed by atoms with Gasteiger partial charge >= 0.3 is 0 Å². The Morgan fingerprint density at radius 2 is 2.78 bits per heavy atom. The predicted molar refractivity (Wildman–Crippen MR) is 33.6 cm³/mol. The lowest BCUT2D eigenvalue weighted by molar-refractivity contribution is 0.230. The van der Waals surface area contributed by atoms with Gasteiger partial charge in [-0.25, -0.2) is 4.98 Å². The highest BCUT2D eigenvalue weighted by molar-refractivity contribution is 4.84. The van der Waals surface area contributed by atoms with E-state index >= 15 is 0 Å². The van der Waals surface area contributed by atoms with Crippen LogP contribution in [0.2, 0.25) is 0 Å². The summed E-state index contributed by atoms with van der Waals surface area (Å²) in [7, 11) is 0. The number of imidazole rings is 1. The van der Waals surface area contributed by atoms with Crippen LogP contribution >= 0.6 is 0 Å². The number of aromatic amines is 1. The van der Waals surface area contributed by atoms with Crippen LogP contribution < -0.4 is 0 Å². The van der Waals surface area contributed by atoms with E-state index in [4.69, 9.17) is 4.74 Å². The molecule has 0 radical (unpaired) electrons. The topological polar surface area (TPSA) is 37.9 Å². The van der Waals surface area contributed by atoms with Gasteiger partial charge in [-0.1, -0.05) is 6.58 Å². The summed E-state index contributed by atoms with van der Waals surface area (Å²) in [6, 6.07) is 0. The minimum Gasteiger partial charge on any atom is -0.494 e. The summed E-state index contributed by atoms with van der Waals surface area (Å²) in [5, 5.41) is 0. The van der Waals surface area contributed by atoms with Gasteiger partial charge in [-0.15, -0.1) is 0 Å². The van der Waals surface area contributed by atoms with E-state index in [2.05, 4.69) is 16.5 Å². The first-order valence-electron chi connectivity index (χ1n) is 2.64. The molecule has 1 rings (SSSR count). The smallest absolute Gasteiger partial charge is 0.145 e. The Morgan fingerprint density at radius 3 is 3.33 bits per heavy atom. The second kappa shape index (κ2) is 2.91. The van der Waals surface area contributed by atoms with Crippen LogP contribution in [0.5, 0.6) is 0 Å². The van der Waals surface area contributed by atoms with Gasteiger partial charge in [-0.2, -0.15) is 0 Å². The Bertz CT molecular complexity index is 169. The molecule has 0 spiro atoms. The molecule has 1 N–H and O–H groups in total. The standard InChI is InChI=1S/C6H8N2O/c1-2-9-5-6-7-3-4-8-6/h2-4H,1,5H2,(H,7,8). The molecule has 0 unspecified atom stereocenters. The molecule has 3 nitrogen and oxygen atoms in total. The highest BCUT2D eigenvalue weighted by atomic mass is 16.5. The second-order valence-electron chi connectivity index (χ2n) is 1.51. The lowest BCUT2D eigenvalue weighted by Crippen LogP contribution is -1.87. The molecule has 0 fully saturated rings. The molecule has 1 heterocycles. The molecule has 48 valence electrons. The Kier molecular flexibility index (Phi) is 1.90. The van der Waals surface area contributed by atoms with Crippen LogP contribution in [0.4, 0.5) is 0 Å². The summed E-state index contributed by atoms with van der Waals surface area (Å²) in [4.78, 5) is 6.81. The van der Waals surface area contributed by atoms with Crippen molar-refractivity contribution < 1.29 is 4.74 Å². The fourth-order valence-electron chi connectivity index (χ4n) is 0.515. The Hall–Kier alpha value is -1.25. The maximum atomic E-state index is 4.85. The monoisotopic (exact) mass is 124 g/mol. The van der Waals surface area contributed by atoms with Crippen molar-refractivity contribution >= 4 is 0 Å². The zero-order chi connectivity index (χ0) is 6.53. The van der Waals surface area contributed by atoms with E-state index in [9.17, 15) is 0 Å². The highest BCUT2D eigenvalue weighted by Gasteiger charge is 1.89. The van der Waals surface area contributed by atoms with Gasteiger partial charge in [-0.3, -0.25) is 0 Å². The van der Waals surface area contributed by atoms with Gasteiger partial charge in [0.25, 0.3) is 0 Å². The Morgan fingerprint density at radius 1 is 1.89 bits per heavy atom. The maximum Gasteiger partial charge on any atom is 0.145 e. The lowest BCUT2D eigenvalue weighted by atomic mass is 10.7. The molecule has 0 atom stereocenters. The second-order valence-corrected chi connectivity index (χ2v) is 1.51. The van der Waals surface area contributed by atoms with Gasteiger partial charge < -0.3 is 9.72 Å². The van der Waals surface area contributed by atoms with E-state index in [0.29, 0.717) is 6.61 Å². The van der Waals surface area contributed by atoms with Crippen LogP contribution in [-0.2, 0) is 11.3 Å². The number of rotatable bonds is 3. The number of hydrogen-bond donors (Lipinski definition) is 1. The summed E-state index contributed by atoms with van der Waals surface area (Å²) >= 11 is 0. The van der Waals surface area contributed by atoms with Crippen molar-refractivity contribution in [3.05, 3.63) is 31.1 Å². The van der Waals surface area contributed by atoms with E-state index < -0.39 is 0 Å². The maximum absolute atomic E-state index is 4.85. The average Bonchev–Trinajstić information content (AvgIpc) is 2.34. The van der Waals surface area contributed by atoms with E-state index in [1.165, 1.54) is 6.26 Å². The number of aromatic nitrogens is 2. The van der Waals surface area contributed by atoms with Gasteiger partial charge in [-0.05, 0) is 0 Å². The van der Waals surface area contributed by atoms with Gasteiger partial charge in [0.05, 0.1) is 6.26 Å². The van der Waals surface area contributed by atoms with E-state index in [-0.39, 0.29) is 0 Å². The molecule has 0 saturated heterocycles. The van der Waals surface area contributed by atoms with Crippen molar-refractivity contribution in [3.8, 4) is 0 Å². The van der Waals surface area contributed by atoms with Crippen LogP contribution in [0.1, 0.15) is 5.82 Å². The minimum atomic E-state index is 0.469. The van der Waals surface area contributed by atoms with Gasteiger partial charge in [0.15, 0.2) is 0 Å². The van der Waals surface area contributed by atoms with Crippen LogP contribution in [-0.4, -0.2) is 9.97 Å². The van der Waals surface area contributed by atoms with Crippen molar-refractivity contribution in [1.29, 1.82) is 0 Å². The minimum absolute atomic E-state index is 0.469. The summed E-state index contributed by atoms with van der Waals surface area (Å²) in [6.45, 7) is 3.86. The number of nitrogens with one attached hydrogen (secondary N) is 1. The van der Waals surface area contributed by atoms with E-state index in [0.717, 1.165) is 5.82 Å². The van der Waals surface area contributed by atoms with Crippen molar-refractivity contribution in [2.45, 2.75) is 6.61 Å². The van der Waals surface area contributed by atoms with E-state index in [1.807, 2.05) is 0 Å². The third-order valence-electron chi connectivity index (χ3n) is 0.893. The molecule has 0 amide bonds. The first-order chi connectivity index (χ1) is 4.43. The molecule has 0 bridgehead atoms. The fraction of sp³-hybridized carbons (Fsp3) is 0.167. The molecular formula is C6H8N2O. The van der Waals surface area contributed by atoms with Crippen molar-refractivity contribution in [2.75, 3.05) is 0 Å². The lowest BCUT2D eigenvalue weighted by Gasteiger charge is -1.92. The Labute approximate surface area is 53.4 Å². The molecule has 0 aliphatic rings. The van der Waals surface area contributed by atoms with Crippen LogP contribution in [0.15, 0.2) is 25.2 Å². The normalized spacial score (nSPS) is 8.89. The predicted octanol–water partition coefficient (Wildman–Crippen LogP) is 1.07. The zero-order valence-electron chi connectivity index (χ0n) is 5.00. The van der Waals surface area contributed by atoms with E-state index in [1.54, 1.807) is 12.4 Å². The molecule has 0 saturated carbocycles. The molecule has 3 heteroatoms. The molecule has 9 heavy (non-hydrogen) atoms. The quantitative estimate of drug-likeness (QED) is 0.612. The molecule has 0 aliphatic carbocycles. The summed E-state index contributed by atoms with van der Waals surface area (Å²) < 4.78 is 4.85. The van der Waals surface area contributed by atoms with Crippen LogP contribution in [0.25, 0.3) is 0 Å². The highest BCUT2D eigenvalue weighted by Crippen LogP contribution is 1.90. The molecule has 1 aromatic rings. The fourth-order valence-corrected chi connectivity index (χ4v) is 0.515. The number of hydrogen-bond acceptors (Lipinski definition) is 2. The van der Waals surface area contributed by atoms with Gasteiger partial charge in [0, 0.05) is 12.4 Å². The first-order valence-corrected chi connectivity index (χ1v) is 2.64. The molecule has 0 aliphatic heterocycles. The molecule has 1 aromatic heterocycles. The number of ether oxygens (including phenoxy) is 1. The van der Waals surface area contributed by atoms with Crippen molar-refractivity contribution in [2.24, 2.45) is 0 Å². The first kappa shape index (κ1) is 5.88. The SMILES string of the molecule is C=COCc1ncc[nH]1. The summed E-state index contributed by atoms with van der Waals surface area (Å²) in [5.74, 6) is 0.815. The zero-order valence-corrected chi connectivity index (χ0v) is 5.00. The Balaban J connectivity index is 2.38. The largest absolute Gasteiger partial charge is 0.494 e. The third kappa shape index (κ3) is 1.60. The summed E-state index contributed by atoms with van der Waals surface area (Å²) in [5.41, 5.74) is 0. The average molecular weight is 124 g/mol. The van der Waals surface area contributed by atoms with Gasteiger partial charge in [0.1, 0.15) is 12.4 Å². The third-order valence-corrected chi connectivity index (χ3v) is 0.893.